The Labute approximate surface area is 204 Å². The second-order valence-electron chi connectivity index (χ2n) is 8.73. The summed E-state index contributed by atoms with van der Waals surface area (Å²) in [6, 6.07) is 11.9. The van der Waals surface area contributed by atoms with Gasteiger partial charge in [-0.1, -0.05) is 35.5 Å². The molecular weight excluding hydrogens is 469 g/mol. The van der Waals surface area contributed by atoms with Crippen molar-refractivity contribution in [3.63, 3.8) is 0 Å². The monoisotopic (exact) mass is 497 g/mol. The quantitative estimate of drug-likeness (QED) is 0.520. The van der Waals surface area contributed by atoms with Crippen molar-refractivity contribution in [2.24, 2.45) is 5.92 Å². The molecule has 0 radical (unpaired) electrons. The van der Waals surface area contributed by atoms with E-state index in [-0.39, 0.29) is 41.3 Å². The normalized spacial score (nSPS) is 15.5. The summed E-state index contributed by atoms with van der Waals surface area (Å²) >= 11 is 0. The number of benzene rings is 2. The standard InChI is InChI=1S/C26H28FN3O4S/c1-17-7-6-10-23(18(17)2)28-26(31)21-13-15-30(16-14-21)35(32,33)25-19(3)29-34-24(25)12-11-20-8-4-5-9-22(20)27/h4-12,21H,13-16H2,1-3H3,(H,28,31)/b12-11+. The van der Waals surface area contributed by atoms with Crippen molar-refractivity contribution in [2.75, 3.05) is 18.4 Å². The van der Waals surface area contributed by atoms with Crippen LogP contribution in [-0.4, -0.2) is 36.9 Å². The third kappa shape index (κ3) is 5.21. The fourth-order valence-electron chi connectivity index (χ4n) is 4.18. The average Bonchev–Trinajstić information content (AvgIpc) is 3.22. The van der Waals surface area contributed by atoms with Crippen molar-refractivity contribution in [1.82, 2.24) is 9.46 Å². The average molecular weight is 498 g/mol. The number of piperidine rings is 1. The molecule has 35 heavy (non-hydrogen) atoms. The molecule has 0 spiro atoms. The van der Waals surface area contributed by atoms with Gasteiger partial charge in [0.25, 0.3) is 0 Å². The number of carbonyl (C=O) groups excluding carboxylic acids is 1. The fourth-order valence-corrected chi connectivity index (χ4v) is 5.90. The first-order chi connectivity index (χ1) is 16.7. The van der Waals surface area contributed by atoms with Gasteiger partial charge >= 0.3 is 0 Å². The largest absolute Gasteiger partial charge is 0.355 e. The summed E-state index contributed by atoms with van der Waals surface area (Å²) in [6.07, 6.45) is 3.68. The van der Waals surface area contributed by atoms with Crippen LogP contribution in [0.5, 0.6) is 0 Å². The molecule has 1 amide bonds. The molecule has 9 heteroatoms. The summed E-state index contributed by atoms with van der Waals surface area (Å²) in [5, 5.41) is 6.81. The van der Waals surface area contributed by atoms with Crippen molar-refractivity contribution in [2.45, 2.75) is 38.5 Å². The minimum Gasteiger partial charge on any atom is -0.355 e. The molecule has 1 aromatic heterocycles. The van der Waals surface area contributed by atoms with E-state index in [9.17, 15) is 17.6 Å². The lowest BCUT2D eigenvalue weighted by Crippen LogP contribution is -2.41. The van der Waals surface area contributed by atoms with E-state index in [4.69, 9.17) is 4.52 Å². The third-order valence-corrected chi connectivity index (χ3v) is 8.50. The Balaban J connectivity index is 1.47. The van der Waals surface area contributed by atoms with Gasteiger partial charge in [0, 0.05) is 30.3 Å². The van der Waals surface area contributed by atoms with Crippen LogP contribution in [-0.2, 0) is 14.8 Å². The lowest BCUT2D eigenvalue weighted by atomic mass is 9.97. The van der Waals surface area contributed by atoms with E-state index in [1.165, 1.54) is 22.5 Å². The first-order valence-electron chi connectivity index (χ1n) is 11.4. The molecule has 184 valence electrons. The molecule has 1 saturated heterocycles. The number of sulfonamides is 1. The van der Waals surface area contributed by atoms with Crippen molar-refractivity contribution in [1.29, 1.82) is 0 Å². The maximum absolute atomic E-state index is 13.9. The van der Waals surface area contributed by atoms with Crippen LogP contribution >= 0.6 is 0 Å². The van der Waals surface area contributed by atoms with Crippen LogP contribution in [0.2, 0.25) is 0 Å². The van der Waals surface area contributed by atoms with Crippen molar-refractivity contribution in [3.8, 4) is 0 Å². The van der Waals surface area contributed by atoms with E-state index in [0.717, 1.165) is 16.8 Å². The first kappa shape index (κ1) is 24.8. The lowest BCUT2D eigenvalue weighted by Gasteiger charge is -2.30. The highest BCUT2D eigenvalue weighted by atomic mass is 32.2. The number of carbonyl (C=O) groups is 1. The Morgan fingerprint density at radius 3 is 2.51 bits per heavy atom. The molecule has 0 unspecified atom stereocenters. The number of hydrogen-bond acceptors (Lipinski definition) is 5. The number of aromatic nitrogens is 1. The summed E-state index contributed by atoms with van der Waals surface area (Å²) in [6.45, 7) is 5.91. The SMILES string of the molecule is Cc1cccc(NC(=O)C2CCN(S(=O)(=O)c3c(C)noc3/C=C/c3ccccc3F)CC2)c1C. The summed E-state index contributed by atoms with van der Waals surface area (Å²) in [4.78, 5) is 12.8. The van der Waals surface area contributed by atoms with Crippen molar-refractivity contribution < 1.29 is 22.1 Å². The molecule has 1 N–H and O–H groups in total. The molecule has 4 rings (SSSR count). The number of hydrogen-bond donors (Lipinski definition) is 1. The summed E-state index contributed by atoms with van der Waals surface area (Å²) in [5.74, 6) is -0.776. The minimum atomic E-state index is -3.91. The zero-order valence-corrected chi connectivity index (χ0v) is 20.7. The number of halogens is 1. The Bertz CT molecular complexity index is 1370. The first-order valence-corrected chi connectivity index (χ1v) is 12.9. The van der Waals surface area contributed by atoms with Gasteiger partial charge in [0.2, 0.25) is 15.9 Å². The van der Waals surface area contributed by atoms with Gasteiger partial charge in [-0.3, -0.25) is 4.79 Å². The molecule has 2 heterocycles. The van der Waals surface area contributed by atoms with Crippen LogP contribution in [0.15, 0.2) is 51.9 Å². The van der Waals surface area contributed by atoms with E-state index in [2.05, 4.69) is 10.5 Å². The molecular formula is C26H28FN3O4S. The Morgan fingerprint density at radius 2 is 1.80 bits per heavy atom. The lowest BCUT2D eigenvalue weighted by molar-refractivity contribution is -0.120. The zero-order valence-electron chi connectivity index (χ0n) is 19.9. The molecule has 2 aromatic carbocycles. The van der Waals surface area contributed by atoms with Crippen molar-refractivity contribution >= 4 is 33.8 Å². The highest BCUT2D eigenvalue weighted by Gasteiger charge is 2.36. The minimum absolute atomic E-state index is 0.0385. The van der Waals surface area contributed by atoms with Crippen molar-refractivity contribution in [3.05, 3.63) is 76.4 Å². The molecule has 1 aliphatic rings. The Kier molecular flexibility index (Phi) is 7.18. The van der Waals surface area contributed by atoms with Crippen LogP contribution in [0.1, 0.15) is 41.0 Å². The van der Waals surface area contributed by atoms with E-state index in [1.807, 2.05) is 32.0 Å². The van der Waals surface area contributed by atoms with Gasteiger partial charge in [0.1, 0.15) is 11.5 Å². The second kappa shape index (κ2) is 10.1. The van der Waals surface area contributed by atoms with E-state index >= 15 is 0 Å². The zero-order chi connectivity index (χ0) is 25.2. The highest BCUT2D eigenvalue weighted by Crippen LogP contribution is 2.30. The number of rotatable bonds is 6. The van der Waals surface area contributed by atoms with Gasteiger partial charge in [0.15, 0.2) is 10.7 Å². The number of nitrogens with zero attached hydrogens (tertiary/aromatic N) is 2. The van der Waals surface area contributed by atoms with Gasteiger partial charge in [-0.05, 0) is 69.0 Å². The van der Waals surface area contributed by atoms with Crippen LogP contribution < -0.4 is 5.32 Å². The maximum Gasteiger partial charge on any atom is 0.248 e. The van der Waals surface area contributed by atoms with Gasteiger partial charge in [-0.2, -0.15) is 4.31 Å². The van der Waals surface area contributed by atoms with Gasteiger partial charge in [-0.25, -0.2) is 12.8 Å². The predicted molar refractivity (Wildman–Crippen MR) is 133 cm³/mol. The number of anilines is 1. The van der Waals surface area contributed by atoms with E-state index in [0.29, 0.717) is 18.4 Å². The highest BCUT2D eigenvalue weighted by molar-refractivity contribution is 7.89. The molecule has 0 atom stereocenters. The smallest absolute Gasteiger partial charge is 0.248 e. The van der Waals surface area contributed by atoms with Gasteiger partial charge in [0.05, 0.1) is 0 Å². The maximum atomic E-state index is 13.9. The summed E-state index contributed by atoms with van der Waals surface area (Å²) in [5.41, 5.74) is 3.41. The molecule has 3 aromatic rings. The van der Waals surface area contributed by atoms with Crippen LogP contribution in [0.25, 0.3) is 12.2 Å². The Hall–Kier alpha value is -3.30. The van der Waals surface area contributed by atoms with Gasteiger partial charge in [-0.15, -0.1) is 0 Å². The van der Waals surface area contributed by atoms with Crippen LogP contribution in [0.3, 0.4) is 0 Å². The molecule has 0 saturated carbocycles. The molecule has 7 nitrogen and oxygen atoms in total. The van der Waals surface area contributed by atoms with Crippen LogP contribution in [0.4, 0.5) is 10.1 Å². The number of aryl methyl sites for hydroxylation is 2. The molecule has 0 aliphatic carbocycles. The van der Waals surface area contributed by atoms with E-state index in [1.54, 1.807) is 25.1 Å². The summed E-state index contributed by atoms with van der Waals surface area (Å²) < 4.78 is 47.4. The molecule has 1 aliphatic heterocycles. The third-order valence-electron chi connectivity index (χ3n) is 6.44. The molecule has 1 fully saturated rings. The second-order valence-corrected chi connectivity index (χ2v) is 10.6. The van der Waals surface area contributed by atoms with E-state index < -0.39 is 15.8 Å². The topological polar surface area (TPSA) is 92.5 Å². The summed E-state index contributed by atoms with van der Waals surface area (Å²) in [7, 11) is -3.91. The van der Waals surface area contributed by atoms with Crippen LogP contribution in [0, 0.1) is 32.5 Å². The predicted octanol–water partition coefficient (Wildman–Crippen LogP) is 4.95. The fraction of sp³-hybridized carbons (Fsp3) is 0.308. The number of amides is 1. The molecule has 0 bridgehead atoms. The Morgan fingerprint density at radius 1 is 1.09 bits per heavy atom. The number of nitrogens with one attached hydrogen (secondary N) is 1. The van der Waals surface area contributed by atoms with Gasteiger partial charge < -0.3 is 9.84 Å².